The van der Waals surface area contributed by atoms with Crippen molar-refractivity contribution in [2.24, 2.45) is 0 Å². The first-order valence-corrected chi connectivity index (χ1v) is 12.7. The van der Waals surface area contributed by atoms with Crippen molar-refractivity contribution < 1.29 is 27.5 Å². The van der Waals surface area contributed by atoms with Gasteiger partial charge in [0, 0.05) is 24.0 Å². The SMILES string of the molecule is COc1ccc(Nc2nc(C(=O)NC(Cc3ccccc3)C(=O)NCc3cccc(C(F)(F)F)c3)cs2)cc1. The Morgan fingerprint density at radius 1 is 0.974 bits per heavy atom. The smallest absolute Gasteiger partial charge is 0.416 e. The average molecular weight is 555 g/mol. The van der Waals surface area contributed by atoms with E-state index in [0.29, 0.717) is 10.9 Å². The predicted molar refractivity (Wildman–Crippen MR) is 143 cm³/mol. The van der Waals surface area contributed by atoms with Gasteiger partial charge < -0.3 is 20.7 Å². The number of hydrogen-bond donors (Lipinski definition) is 3. The van der Waals surface area contributed by atoms with E-state index in [-0.39, 0.29) is 24.2 Å². The van der Waals surface area contributed by atoms with E-state index < -0.39 is 29.6 Å². The summed E-state index contributed by atoms with van der Waals surface area (Å²) < 4.78 is 44.3. The summed E-state index contributed by atoms with van der Waals surface area (Å²) in [7, 11) is 1.57. The van der Waals surface area contributed by atoms with Gasteiger partial charge in [0.15, 0.2) is 5.13 Å². The van der Waals surface area contributed by atoms with Crippen molar-refractivity contribution in [2.75, 3.05) is 12.4 Å². The number of methoxy groups -OCH3 is 1. The number of ether oxygens (including phenoxy) is 1. The lowest BCUT2D eigenvalue weighted by molar-refractivity contribution is -0.137. The number of rotatable bonds is 10. The fourth-order valence-corrected chi connectivity index (χ4v) is 4.41. The third-order valence-corrected chi connectivity index (χ3v) is 6.46. The summed E-state index contributed by atoms with van der Waals surface area (Å²) in [5.74, 6) is -0.379. The number of anilines is 2. The number of benzene rings is 3. The van der Waals surface area contributed by atoms with Gasteiger partial charge in [-0.15, -0.1) is 11.3 Å². The number of nitrogens with zero attached hydrogens (tertiary/aromatic N) is 1. The van der Waals surface area contributed by atoms with Crippen molar-refractivity contribution in [2.45, 2.75) is 25.2 Å². The molecule has 11 heteroatoms. The van der Waals surface area contributed by atoms with Crippen molar-refractivity contribution >= 4 is 34.0 Å². The number of amides is 2. The fourth-order valence-electron chi connectivity index (χ4n) is 3.69. The van der Waals surface area contributed by atoms with Crippen LogP contribution in [0, 0.1) is 0 Å². The maximum atomic E-state index is 13.1. The van der Waals surface area contributed by atoms with Crippen LogP contribution in [0.4, 0.5) is 24.0 Å². The van der Waals surface area contributed by atoms with Crippen molar-refractivity contribution in [1.29, 1.82) is 0 Å². The molecule has 0 aliphatic rings. The van der Waals surface area contributed by atoms with E-state index in [4.69, 9.17) is 4.74 Å². The van der Waals surface area contributed by atoms with Crippen LogP contribution >= 0.6 is 11.3 Å². The second kappa shape index (κ2) is 12.4. The van der Waals surface area contributed by atoms with Gasteiger partial charge >= 0.3 is 6.18 Å². The molecule has 3 aromatic carbocycles. The third-order valence-electron chi connectivity index (χ3n) is 5.70. The van der Waals surface area contributed by atoms with Crippen molar-refractivity contribution in [3.8, 4) is 5.75 Å². The maximum absolute atomic E-state index is 13.1. The van der Waals surface area contributed by atoms with Gasteiger partial charge in [-0.05, 0) is 47.5 Å². The zero-order valence-electron chi connectivity index (χ0n) is 20.8. The molecule has 0 radical (unpaired) electrons. The number of aromatic nitrogens is 1. The Balaban J connectivity index is 1.44. The highest BCUT2D eigenvalue weighted by molar-refractivity contribution is 7.14. The molecule has 0 spiro atoms. The summed E-state index contributed by atoms with van der Waals surface area (Å²) >= 11 is 1.23. The van der Waals surface area contributed by atoms with Crippen molar-refractivity contribution in [1.82, 2.24) is 15.6 Å². The molecule has 4 rings (SSSR count). The van der Waals surface area contributed by atoms with Crippen LogP contribution in [-0.4, -0.2) is 29.9 Å². The van der Waals surface area contributed by atoms with Gasteiger partial charge in [0.25, 0.3) is 5.91 Å². The van der Waals surface area contributed by atoms with Gasteiger partial charge in [-0.3, -0.25) is 9.59 Å². The molecule has 0 saturated heterocycles. The highest BCUT2D eigenvalue weighted by atomic mass is 32.1. The molecule has 1 atom stereocenters. The Morgan fingerprint density at radius 2 is 1.69 bits per heavy atom. The Morgan fingerprint density at radius 3 is 2.38 bits per heavy atom. The van der Waals surface area contributed by atoms with Gasteiger partial charge in [0.2, 0.25) is 5.91 Å². The molecule has 0 aliphatic heterocycles. The van der Waals surface area contributed by atoms with Crippen LogP contribution in [0.25, 0.3) is 0 Å². The van der Waals surface area contributed by atoms with E-state index in [1.807, 2.05) is 42.5 Å². The molecule has 0 aliphatic carbocycles. The van der Waals surface area contributed by atoms with Crippen LogP contribution < -0.4 is 20.7 Å². The van der Waals surface area contributed by atoms with E-state index in [1.54, 1.807) is 24.6 Å². The lowest BCUT2D eigenvalue weighted by Gasteiger charge is -2.18. The summed E-state index contributed by atoms with van der Waals surface area (Å²) in [4.78, 5) is 30.4. The van der Waals surface area contributed by atoms with E-state index in [1.165, 1.54) is 23.5 Å². The lowest BCUT2D eigenvalue weighted by atomic mass is 10.0. The molecular formula is C28H25F3N4O3S. The van der Waals surface area contributed by atoms with Gasteiger partial charge in [-0.1, -0.05) is 42.5 Å². The first kappa shape index (κ1) is 27.6. The Kier molecular flexibility index (Phi) is 8.82. The minimum atomic E-state index is -4.49. The Bertz CT molecular complexity index is 1410. The number of carbonyl (C=O) groups excluding carboxylic acids is 2. The van der Waals surface area contributed by atoms with E-state index in [9.17, 15) is 22.8 Å². The minimum absolute atomic E-state index is 0.125. The Hall–Kier alpha value is -4.38. The topological polar surface area (TPSA) is 92.3 Å². The molecule has 2 amide bonds. The summed E-state index contributed by atoms with van der Waals surface area (Å²) in [6.45, 7) is -0.128. The molecular weight excluding hydrogens is 529 g/mol. The monoisotopic (exact) mass is 554 g/mol. The lowest BCUT2D eigenvalue weighted by Crippen LogP contribution is -2.48. The first-order valence-electron chi connectivity index (χ1n) is 11.9. The van der Waals surface area contributed by atoms with Crippen LogP contribution in [0.5, 0.6) is 5.75 Å². The minimum Gasteiger partial charge on any atom is -0.497 e. The first-order chi connectivity index (χ1) is 18.7. The largest absolute Gasteiger partial charge is 0.497 e. The van der Waals surface area contributed by atoms with Gasteiger partial charge in [-0.25, -0.2) is 4.98 Å². The number of alkyl halides is 3. The quantitative estimate of drug-likeness (QED) is 0.238. The normalized spacial score (nSPS) is 11.9. The average Bonchev–Trinajstić information content (AvgIpc) is 3.40. The van der Waals surface area contributed by atoms with Crippen molar-refractivity contribution in [3.63, 3.8) is 0 Å². The Labute approximate surface area is 227 Å². The van der Waals surface area contributed by atoms with Gasteiger partial charge in [-0.2, -0.15) is 13.2 Å². The molecule has 1 heterocycles. The second-order valence-electron chi connectivity index (χ2n) is 8.52. The van der Waals surface area contributed by atoms with Gasteiger partial charge in [0.1, 0.15) is 17.5 Å². The number of nitrogens with one attached hydrogen (secondary N) is 3. The van der Waals surface area contributed by atoms with Gasteiger partial charge in [0.05, 0.1) is 12.7 Å². The van der Waals surface area contributed by atoms with Crippen LogP contribution in [0.3, 0.4) is 0 Å². The number of halogens is 3. The summed E-state index contributed by atoms with van der Waals surface area (Å²) in [5.41, 5.74) is 1.17. The summed E-state index contributed by atoms with van der Waals surface area (Å²) in [5, 5.41) is 10.5. The fraction of sp³-hybridized carbons (Fsp3) is 0.179. The standard InChI is InChI=1S/C28H25F3N4O3S/c1-38-22-12-10-21(11-13-22)33-27-35-24(17-39-27)26(37)34-23(15-18-6-3-2-4-7-18)25(36)32-16-19-8-5-9-20(14-19)28(29,30)31/h2-14,17,23H,15-16H2,1H3,(H,32,36)(H,33,35)(H,34,37). The van der Waals surface area contributed by atoms with Crippen LogP contribution in [0.15, 0.2) is 84.2 Å². The zero-order valence-corrected chi connectivity index (χ0v) is 21.6. The predicted octanol–water partition coefficient (Wildman–Crippen LogP) is 5.57. The molecule has 0 saturated carbocycles. The number of thiazole rings is 1. The molecule has 0 fully saturated rings. The highest BCUT2D eigenvalue weighted by Gasteiger charge is 2.30. The van der Waals surface area contributed by atoms with E-state index in [2.05, 4.69) is 20.9 Å². The zero-order chi connectivity index (χ0) is 27.8. The molecule has 0 bridgehead atoms. The van der Waals surface area contributed by atoms with E-state index in [0.717, 1.165) is 23.4 Å². The highest BCUT2D eigenvalue weighted by Crippen LogP contribution is 2.29. The van der Waals surface area contributed by atoms with Crippen LogP contribution in [0.1, 0.15) is 27.2 Å². The van der Waals surface area contributed by atoms with Crippen molar-refractivity contribution in [3.05, 3.63) is 107 Å². The summed E-state index contributed by atoms with van der Waals surface area (Å²) in [6, 6.07) is 20.0. The second-order valence-corrected chi connectivity index (χ2v) is 9.38. The maximum Gasteiger partial charge on any atom is 0.416 e. The summed E-state index contributed by atoms with van der Waals surface area (Å²) in [6.07, 6.45) is -4.31. The molecule has 39 heavy (non-hydrogen) atoms. The molecule has 202 valence electrons. The molecule has 4 aromatic rings. The number of hydrogen-bond acceptors (Lipinski definition) is 6. The molecule has 3 N–H and O–H groups in total. The molecule has 1 aromatic heterocycles. The van der Waals surface area contributed by atoms with Crippen LogP contribution in [0.2, 0.25) is 0 Å². The number of carbonyl (C=O) groups is 2. The van der Waals surface area contributed by atoms with E-state index >= 15 is 0 Å². The molecule has 7 nitrogen and oxygen atoms in total. The molecule has 1 unspecified atom stereocenters. The van der Waals surface area contributed by atoms with Crippen LogP contribution in [-0.2, 0) is 23.9 Å². The third kappa shape index (κ3) is 7.81.